The lowest BCUT2D eigenvalue weighted by molar-refractivity contribution is -0.127. The van der Waals surface area contributed by atoms with E-state index in [0.717, 1.165) is 41.5 Å². The quantitative estimate of drug-likeness (QED) is 0.405. The molecule has 0 aromatic carbocycles. The highest BCUT2D eigenvalue weighted by Crippen LogP contribution is 2.22. The van der Waals surface area contributed by atoms with Crippen LogP contribution in [0.5, 0.6) is 0 Å². The van der Waals surface area contributed by atoms with E-state index < -0.39 is 5.91 Å². The van der Waals surface area contributed by atoms with Crippen molar-refractivity contribution in [2.45, 2.75) is 32.6 Å². The van der Waals surface area contributed by atoms with Crippen LogP contribution in [0.4, 0.5) is 5.82 Å². The first kappa shape index (κ1) is 15.8. The molecule has 0 radical (unpaired) electrons. The summed E-state index contributed by atoms with van der Waals surface area (Å²) in [5.74, 6) is 0.195. The van der Waals surface area contributed by atoms with Crippen molar-refractivity contribution in [2.24, 2.45) is 0 Å². The van der Waals surface area contributed by atoms with E-state index in [0.29, 0.717) is 5.82 Å². The molecule has 0 unspecified atom stereocenters. The molecule has 0 fully saturated rings. The van der Waals surface area contributed by atoms with Gasteiger partial charge in [0.1, 0.15) is 11.5 Å². The fourth-order valence-electron chi connectivity index (χ4n) is 2.19. The van der Waals surface area contributed by atoms with E-state index in [1.165, 1.54) is 0 Å². The Labute approximate surface area is 131 Å². The predicted molar refractivity (Wildman–Crippen MR) is 84.5 cm³/mol. The van der Waals surface area contributed by atoms with Gasteiger partial charge in [0, 0.05) is 10.7 Å². The summed E-state index contributed by atoms with van der Waals surface area (Å²) in [4.78, 5) is 15.7. The third kappa shape index (κ3) is 3.95. The number of fused-ring (bicyclic) bond motifs is 1. The minimum Gasteiger partial charge on any atom is -0.359 e. The van der Waals surface area contributed by atoms with Crippen LogP contribution >= 0.6 is 15.9 Å². The van der Waals surface area contributed by atoms with Crippen LogP contribution in [0.15, 0.2) is 22.8 Å². The van der Waals surface area contributed by atoms with Gasteiger partial charge >= 0.3 is 0 Å². The monoisotopic (exact) mass is 354 g/mol. The standard InChI is InChI=1S/C14H19BrN4O2/c1-2-3-4-5-11-14(16-8-13(20)18-21)17-12-7-6-10(15)9-19(11)12/h6-7,9,16,21H,2-5,8H2,1H3,(H,18,20). The van der Waals surface area contributed by atoms with Crippen molar-refractivity contribution in [2.75, 3.05) is 11.9 Å². The van der Waals surface area contributed by atoms with Gasteiger partial charge in [-0.1, -0.05) is 19.8 Å². The summed E-state index contributed by atoms with van der Waals surface area (Å²) >= 11 is 3.46. The van der Waals surface area contributed by atoms with Gasteiger partial charge in [0.25, 0.3) is 5.91 Å². The molecule has 0 atom stereocenters. The number of unbranched alkanes of at least 4 members (excludes halogenated alkanes) is 2. The van der Waals surface area contributed by atoms with Crippen LogP contribution in [-0.2, 0) is 11.2 Å². The van der Waals surface area contributed by atoms with E-state index >= 15 is 0 Å². The van der Waals surface area contributed by atoms with Gasteiger partial charge in [-0.05, 0) is 40.9 Å². The number of carbonyl (C=O) groups excluding carboxylic acids is 1. The summed E-state index contributed by atoms with van der Waals surface area (Å²) < 4.78 is 3.00. The Morgan fingerprint density at radius 3 is 2.95 bits per heavy atom. The lowest BCUT2D eigenvalue weighted by Crippen LogP contribution is -2.27. The Morgan fingerprint density at radius 1 is 1.43 bits per heavy atom. The first-order chi connectivity index (χ1) is 10.2. The normalized spacial score (nSPS) is 10.8. The highest BCUT2D eigenvalue weighted by molar-refractivity contribution is 9.10. The zero-order valence-electron chi connectivity index (χ0n) is 11.9. The van der Waals surface area contributed by atoms with Crippen molar-refractivity contribution in [3.63, 3.8) is 0 Å². The average Bonchev–Trinajstić information content (AvgIpc) is 2.82. The first-order valence-electron chi connectivity index (χ1n) is 6.99. The number of pyridine rings is 1. The number of rotatable bonds is 7. The summed E-state index contributed by atoms with van der Waals surface area (Å²) in [5.41, 5.74) is 3.48. The average molecular weight is 355 g/mol. The molecule has 1 amide bonds. The fourth-order valence-corrected chi connectivity index (χ4v) is 2.53. The van der Waals surface area contributed by atoms with Gasteiger partial charge in [0.15, 0.2) is 0 Å². The molecule has 0 aliphatic heterocycles. The van der Waals surface area contributed by atoms with E-state index in [2.05, 4.69) is 33.2 Å². The second-order valence-corrected chi connectivity index (χ2v) is 5.74. The maximum Gasteiger partial charge on any atom is 0.262 e. The molecule has 0 aliphatic rings. The first-order valence-corrected chi connectivity index (χ1v) is 7.78. The Morgan fingerprint density at radius 2 is 2.24 bits per heavy atom. The summed E-state index contributed by atoms with van der Waals surface area (Å²) in [6, 6.07) is 3.85. The van der Waals surface area contributed by atoms with E-state index in [1.54, 1.807) is 5.48 Å². The summed E-state index contributed by atoms with van der Waals surface area (Å²) in [7, 11) is 0. The van der Waals surface area contributed by atoms with Crippen LogP contribution in [0, 0.1) is 0 Å². The number of aryl methyl sites for hydroxylation is 1. The van der Waals surface area contributed by atoms with E-state index in [9.17, 15) is 4.79 Å². The third-order valence-corrected chi connectivity index (χ3v) is 3.71. The van der Waals surface area contributed by atoms with Crippen molar-refractivity contribution in [1.29, 1.82) is 0 Å². The van der Waals surface area contributed by atoms with E-state index in [4.69, 9.17) is 5.21 Å². The van der Waals surface area contributed by atoms with Gasteiger partial charge in [0.2, 0.25) is 0 Å². The predicted octanol–water partition coefficient (Wildman–Crippen LogP) is 2.75. The van der Waals surface area contributed by atoms with E-state index in [1.807, 2.05) is 22.7 Å². The number of amides is 1. The van der Waals surface area contributed by atoms with Crippen LogP contribution in [-0.4, -0.2) is 27.0 Å². The molecule has 3 N–H and O–H groups in total. The zero-order valence-corrected chi connectivity index (χ0v) is 13.5. The third-order valence-electron chi connectivity index (χ3n) is 3.24. The fraction of sp³-hybridized carbons (Fsp3) is 0.429. The number of nitrogens with one attached hydrogen (secondary N) is 2. The van der Waals surface area contributed by atoms with Gasteiger partial charge in [-0.3, -0.25) is 10.0 Å². The number of halogens is 1. The number of nitrogens with zero attached hydrogens (tertiary/aromatic N) is 2. The van der Waals surface area contributed by atoms with Crippen LogP contribution in [0.2, 0.25) is 0 Å². The Balaban J connectivity index is 2.28. The van der Waals surface area contributed by atoms with Crippen LogP contribution in [0.25, 0.3) is 5.65 Å². The molecule has 0 aliphatic carbocycles. The van der Waals surface area contributed by atoms with Gasteiger partial charge in [0.05, 0.1) is 12.2 Å². The summed E-state index contributed by atoms with van der Waals surface area (Å²) in [5, 5.41) is 11.5. The van der Waals surface area contributed by atoms with Crippen molar-refractivity contribution >= 4 is 33.3 Å². The maximum atomic E-state index is 11.2. The Hall–Kier alpha value is -1.60. The molecular formula is C14H19BrN4O2. The van der Waals surface area contributed by atoms with Crippen molar-refractivity contribution in [3.05, 3.63) is 28.5 Å². The number of hydrogen-bond donors (Lipinski definition) is 3. The highest BCUT2D eigenvalue weighted by Gasteiger charge is 2.13. The number of carbonyl (C=O) groups is 1. The highest BCUT2D eigenvalue weighted by atomic mass is 79.9. The van der Waals surface area contributed by atoms with Gasteiger partial charge in [-0.2, -0.15) is 0 Å². The maximum absolute atomic E-state index is 11.2. The van der Waals surface area contributed by atoms with Gasteiger partial charge in [-0.15, -0.1) is 0 Å². The van der Waals surface area contributed by atoms with Crippen LogP contribution in [0.3, 0.4) is 0 Å². The minimum absolute atomic E-state index is 0.0116. The Bertz CT molecular complexity index is 627. The molecule has 0 saturated carbocycles. The van der Waals surface area contributed by atoms with Crippen LogP contribution < -0.4 is 10.8 Å². The van der Waals surface area contributed by atoms with Crippen LogP contribution in [0.1, 0.15) is 31.9 Å². The summed E-state index contributed by atoms with van der Waals surface area (Å²) in [6.07, 6.45) is 6.22. The SMILES string of the molecule is CCCCCc1c(NCC(=O)NO)nc2ccc(Br)cn12. The number of hydroxylamine groups is 1. The summed E-state index contributed by atoms with van der Waals surface area (Å²) in [6.45, 7) is 2.15. The van der Waals surface area contributed by atoms with E-state index in [-0.39, 0.29) is 6.54 Å². The van der Waals surface area contributed by atoms with Crippen molar-refractivity contribution in [3.8, 4) is 0 Å². The number of imidazole rings is 1. The Kier molecular flexibility index (Phi) is 5.58. The number of aromatic nitrogens is 2. The minimum atomic E-state index is -0.493. The van der Waals surface area contributed by atoms with Crippen molar-refractivity contribution < 1.29 is 10.0 Å². The molecule has 6 nitrogen and oxygen atoms in total. The molecular weight excluding hydrogens is 336 g/mol. The lowest BCUT2D eigenvalue weighted by Gasteiger charge is -2.06. The second kappa shape index (κ2) is 7.42. The van der Waals surface area contributed by atoms with Gasteiger partial charge in [-0.25, -0.2) is 10.5 Å². The lowest BCUT2D eigenvalue weighted by atomic mass is 10.1. The van der Waals surface area contributed by atoms with Crippen molar-refractivity contribution in [1.82, 2.24) is 14.9 Å². The molecule has 0 bridgehead atoms. The molecule has 2 aromatic rings. The molecule has 2 aromatic heterocycles. The zero-order chi connectivity index (χ0) is 15.2. The molecule has 0 spiro atoms. The van der Waals surface area contributed by atoms with Gasteiger partial charge < -0.3 is 9.72 Å². The second-order valence-electron chi connectivity index (χ2n) is 4.83. The largest absolute Gasteiger partial charge is 0.359 e. The molecule has 7 heteroatoms. The number of hydrogen-bond acceptors (Lipinski definition) is 4. The molecule has 114 valence electrons. The molecule has 2 rings (SSSR count). The topological polar surface area (TPSA) is 78.7 Å². The molecule has 21 heavy (non-hydrogen) atoms. The molecule has 0 saturated heterocycles. The smallest absolute Gasteiger partial charge is 0.262 e. The molecule has 2 heterocycles. The number of anilines is 1.